The zero-order valence-electron chi connectivity index (χ0n) is 11.5. The molecular formula is C13H20N2O4. The minimum Gasteiger partial charge on any atom is -0.475 e. The first-order valence-corrected chi connectivity index (χ1v) is 6.15. The molecule has 0 saturated heterocycles. The van der Waals surface area contributed by atoms with Gasteiger partial charge in [-0.15, -0.1) is 0 Å². The van der Waals surface area contributed by atoms with Crippen LogP contribution >= 0.6 is 0 Å². The van der Waals surface area contributed by atoms with Crippen molar-refractivity contribution in [1.82, 2.24) is 10.2 Å². The van der Waals surface area contributed by atoms with E-state index in [0.29, 0.717) is 24.6 Å². The van der Waals surface area contributed by atoms with E-state index >= 15 is 0 Å². The van der Waals surface area contributed by atoms with Gasteiger partial charge in [-0.25, -0.2) is 4.79 Å². The summed E-state index contributed by atoms with van der Waals surface area (Å²) in [6, 6.07) is 1.60. The predicted octanol–water partition coefficient (Wildman–Crippen LogP) is 1.18. The summed E-state index contributed by atoms with van der Waals surface area (Å²) in [6.45, 7) is 5.26. The molecule has 0 radical (unpaired) electrons. The van der Waals surface area contributed by atoms with Crippen LogP contribution in [0.3, 0.4) is 0 Å². The van der Waals surface area contributed by atoms with Crippen LogP contribution in [0.1, 0.15) is 30.0 Å². The summed E-state index contributed by atoms with van der Waals surface area (Å²) in [6.07, 6.45) is 1.34. The van der Waals surface area contributed by atoms with E-state index in [1.54, 1.807) is 18.0 Å². The van der Waals surface area contributed by atoms with Crippen LogP contribution in [0.2, 0.25) is 0 Å². The molecule has 0 aliphatic heterocycles. The molecule has 19 heavy (non-hydrogen) atoms. The maximum absolute atomic E-state index is 11.6. The Morgan fingerprint density at radius 3 is 2.74 bits per heavy atom. The van der Waals surface area contributed by atoms with Crippen molar-refractivity contribution < 1.29 is 19.1 Å². The van der Waals surface area contributed by atoms with Gasteiger partial charge < -0.3 is 14.8 Å². The minimum atomic E-state index is -1.10. The Labute approximate surface area is 112 Å². The van der Waals surface area contributed by atoms with E-state index in [9.17, 15) is 9.59 Å². The van der Waals surface area contributed by atoms with Crippen LogP contribution < -0.4 is 5.32 Å². The van der Waals surface area contributed by atoms with Crippen LogP contribution in [0.5, 0.6) is 0 Å². The quantitative estimate of drug-likeness (QED) is 0.776. The Hall–Kier alpha value is -1.82. The lowest BCUT2D eigenvalue weighted by molar-refractivity contribution is -0.122. The largest absolute Gasteiger partial charge is 0.475 e. The molecular weight excluding hydrogens is 248 g/mol. The predicted molar refractivity (Wildman–Crippen MR) is 69.8 cm³/mol. The third-order valence-electron chi connectivity index (χ3n) is 2.50. The molecule has 0 atom stereocenters. The highest BCUT2D eigenvalue weighted by Gasteiger charge is 2.16. The minimum absolute atomic E-state index is 0.0726. The third-order valence-corrected chi connectivity index (χ3v) is 2.50. The molecule has 0 spiro atoms. The Morgan fingerprint density at radius 1 is 1.47 bits per heavy atom. The van der Waals surface area contributed by atoms with Crippen molar-refractivity contribution >= 4 is 11.9 Å². The van der Waals surface area contributed by atoms with Crippen LogP contribution in [-0.4, -0.2) is 42.0 Å². The van der Waals surface area contributed by atoms with Crippen LogP contribution in [0, 0.1) is 5.92 Å². The number of hydrogen-bond acceptors (Lipinski definition) is 4. The van der Waals surface area contributed by atoms with Crippen molar-refractivity contribution in [3.05, 3.63) is 23.7 Å². The molecule has 0 bridgehead atoms. The summed E-state index contributed by atoms with van der Waals surface area (Å²) < 4.78 is 4.88. The number of nitrogens with zero attached hydrogens (tertiary/aromatic N) is 1. The molecule has 1 heterocycles. The monoisotopic (exact) mass is 268 g/mol. The number of furan rings is 1. The third kappa shape index (κ3) is 5.13. The number of amides is 1. The molecule has 2 N–H and O–H groups in total. The molecule has 0 saturated carbocycles. The van der Waals surface area contributed by atoms with Gasteiger partial charge in [-0.3, -0.25) is 9.69 Å². The Kier molecular flexibility index (Phi) is 5.57. The zero-order valence-corrected chi connectivity index (χ0v) is 11.5. The van der Waals surface area contributed by atoms with E-state index in [-0.39, 0.29) is 18.2 Å². The molecule has 0 unspecified atom stereocenters. The van der Waals surface area contributed by atoms with Gasteiger partial charge in [0.25, 0.3) is 0 Å². The lowest BCUT2D eigenvalue weighted by atomic mass is 10.2. The number of aromatic carboxylic acids is 1. The fraction of sp³-hybridized carbons (Fsp3) is 0.538. The van der Waals surface area contributed by atoms with Gasteiger partial charge in [-0.1, -0.05) is 13.8 Å². The number of nitrogens with one attached hydrogen (secondary N) is 1. The number of carbonyl (C=O) groups excluding carboxylic acids is 1. The SMILES string of the molecule is CC(C)CNC(=O)CN(C)Cc1ccoc1C(=O)O. The molecule has 1 aromatic heterocycles. The fourth-order valence-electron chi connectivity index (χ4n) is 1.61. The number of carboxylic acid groups (broad SMARTS) is 1. The van der Waals surface area contributed by atoms with Crippen molar-refractivity contribution in [3.8, 4) is 0 Å². The normalized spacial score (nSPS) is 11.0. The van der Waals surface area contributed by atoms with Crippen molar-refractivity contribution in [2.24, 2.45) is 5.92 Å². The van der Waals surface area contributed by atoms with Gasteiger partial charge in [0.2, 0.25) is 11.7 Å². The van der Waals surface area contributed by atoms with Crippen LogP contribution in [0.25, 0.3) is 0 Å². The van der Waals surface area contributed by atoms with E-state index in [1.165, 1.54) is 6.26 Å². The first kappa shape index (κ1) is 15.2. The molecule has 0 aliphatic rings. The topological polar surface area (TPSA) is 82.8 Å². The second-order valence-electron chi connectivity index (χ2n) is 4.95. The molecule has 0 aromatic carbocycles. The molecule has 6 heteroatoms. The molecule has 1 amide bonds. The molecule has 1 rings (SSSR count). The highest BCUT2D eigenvalue weighted by molar-refractivity contribution is 5.86. The van der Waals surface area contributed by atoms with Crippen molar-refractivity contribution in [3.63, 3.8) is 0 Å². The summed E-state index contributed by atoms with van der Waals surface area (Å²) in [5.74, 6) is -0.842. The van der Waals surface area contributed by atoms with E-state index in [0.717, 1.165) is 0 Å². The van der Waals surface area contributed by atoms with Crippen LogP contribution in [0.4, 0.5) is 0 Å². The Balaban J connectivity index is 2.46. The smallest absolute Gasteiger partial charge is 0.372 e. The van der Waals surface area contributed by atoms with Crippen molar-refractivity contribution in [1.29, 1.82) is 0 Å². The van der Waals surface area contributed by atoms with Gasteiger partial charge >= 0.3 is 5.97 Å². The van der Waals surface area contributed by atoms with Crippen LogP contribution in [0.15, 0.2) is 16.7 Å². The van der Waals surface area contributed by atoms with Gasteiger partial charge in [0.05, 0.1) is 12.8 Å². The maximum Gasteiger partial charge on any atom is 0.372 e. The van der Waals surface area contributed by atoms with Crippen LogP contribution in [-0.2, 0) is 11.3 Å². The average Bonchev–Trinajstić information content (AvgIpc) is 2.74. The number of rotatable bonds is 7. The maximum atomic E-state index is 11.6. The number of likely N-dealkylation sites (N-methyl/N-ethyl adjacent to an activating group) is 1. The summed E-state index contributed by atoms with van der Waals surface area (Å²) in [7, 11) is 1.76. The molecule has 0 fully saturated rings. The van der Waals surface area contributed by atoms with Gasteiger partial charge in [0.1, 0.15) is 0 Å². The highest BCUT2D eigenvalue weighted by Crippen LogP contribution is 2.12. The van der Waals surface area contributed by atoms with Crippen molar-refractivity contribution in [2.75, 3.05) is 20.1 Å². The summed E-state index contributed by atoms with van der Waals surface area (Å²) in [4.78, 5) is 24.2. The van der Waals surface area contributed by atoms with Gasteiger partial charge in [-0.05, 0) is 19.0 Å². The Morgan fingerprint density at radius 2 is 2.16 bits per heavy atom. The lowest BCUT2D eigenvalue weighted by Gasteiger charge is -2.16. The van der Waals surface area contributed by atoms with E-state index in [4.69, 9.17) is 9.52 Å². The van der Waals surface area contributed by atoms with Gasteiger partial charge in [-0.2, -0.15) is 0 Å². The molecule has 106 valence electrons. The number of hydrogen-bond donors (Lipinski definition) is 2. The zero-order chi connectivity index (χ0) is 14.4. The first-order valence-electron chi connectivity index (χ1n) is 6.15. The summed E-state index contributed by atoms with van der Waals surface area (Å²) in [5.41, 5.74) is 0.562. The van der Waals surface area contributed by atoms with Gasteiger partial charge in [0, 0.05) is 18.7 Å². The van der Waals surface area contributed by atoms with E-state index in [1.807, 2.05) is 13.8 Å². The second-order valence-corrected chi connectivity index (χ2v) is 4.95. The lowest BCUT2D eigenvalue weighted by Crippen LogP contribution is -2.36. The van der Waals surface area contributed by atoms with Gasteiger partial charge in [0.15, 0.2) is 0 Å². The van der Waals surface area contributed by atoms with E-state index < -0.39 is 5.97 Å². The average molecular weight is 268 g/mol. The summed E-state index contributed by atoms with van der Waals surface area (Å²) >= 11 is 0. The summed E-state index contributed by atoms with van der Waals surface area (Å²) in [5, 5.41) is 11.7. The molecule has 6 nitrogen and oxygen atoms in total. The standard InChI is InChI=1S/C13H20N2O4/c1-9(2)6-14-11(16)8-15(3)7-10-4-5-19-12(10)13(17)18/h4-5,9H,6-8H2,1-3H3,(H,14,16)(H,17,18). The second kappa shape index (κ2) is 6.94. The Bertz CT molecular complexity index is 440. The number of carboxylic acids is 1. The molecule has 1 aromatic rings. The molecule has 0 aliphatic carbocycles. The highest BCUT2D eigenvalue weighted by atomic mass is 16.4. The first-order chi connectivity index (χ1) is 8.90. The fourth-order valence-corrected chi connectivity index (χ4v) is 1.61. The number of carbonyl (C=O) groups is 2. The van der Waals surface area contributed by atoms with E-state index in [2.05, 4.69) is 5.32 Å². The van der Waals surface area contributed by atoms with Crippen molar-refractivity contribution in [2.45, 2.75) is 20.4 Å².